The van der Waals surface area contributed by atoms with Crippen LogP contribution in [0.1, 0.15) is 98.9 Å². The number of nitrogens with zero attached hydrogens (tertiary/aromatic N) is 1. The van der Waals surface area contributed by atoms with Crippen molar-refractivity contribution < 1.29 is 28.6 Å². The van der Waals surface area contributed by atoms with E-state index in [4.69, 9.17) is 14.2 Å². The smallest absolute Gasteiger partial charge is 0.339 e. The Morgan fingerprint density at radius 3 is 2.12 bits per heavy atom. The Balaban J connectivity index is 2.46. The van der Waals surface area contributed by atoms with Gasteiger partial charge in [-0.3, -0.25) is 9.59 Å². The fourth-order valence-electron chi connectivity index (χ4n) is 3.01. The fraction of sp³-hybridized carbons (Fsp3) is 0.667. The van der Waals surface area contributed by atoms with E-state index in [0.717, 1.165) is 44.9 Å². The van der Waals surface area contributed by atoms with E-state index in [9.17, 15) is 14.4 Å². The van der Waals surface area contributed by atoms with Crippen LogP contribution in [-0.2, 0) is 14.3 Å². The van der Waals surface area contributed by atoms with E-state index in [1.54, 1.807) is 0 Å². The van der Waals surface area contributed by atoms with Gasteiger partial charge in [0.05, 0.1) is 25.9 Å². The molecule has 0 aromatic carbocycles. The van der Waals surface area contributed by atoms with E-state index in [-0.39, 0.29) is 23.6 Å². The summed E-state index contributed by atoms with van der Waals surface area (Å²) >= 11 is 0. The van der Waals surface area contributed by atoms with Gasteiger partial charge in [0.2, 0.25) is 0 Å². The summed E-state index contributed by atoms with van der Waals surface area (Å²) in [6.45, 7) is 4.70. The SMILES string of the molecule is CCCCCCCCOC(=O)c1cnc(C(=O)NCC(=O)OCCCCCC)c(OC)c1. The molecule has 0 aliphatic rings. The first-order valence-electron chi connectivity index (χ1n) is 11.7. The third kappa shape index (κ3) is 11.1. The number of hydrogen-bond donors (Lipinski definition) is 1. The molecule has 0 aliphatic heterocycles. The van der Waals surface area contributed by atoms with Gasteiger partial charge in [0.1, 0.15) is 6.54 Å². The standard InChI is InChI=1S/C24H38N2O6/c1-4-6-8-10-11-13-15-32-24(29)19-16-20(30-3)22(25-17-19)23(28)26-18-21(27)31-14-12-9-7-5-2/h16-17H,4-15,18H2,1-3H3,(H,26,28). The molecule has 180 valence electrons. The van der Waals surface area contributed by atoms with Gasteiger partial charge in [-0.15, -0.1) is 0 Å². The van der Waals surface area contributed by atoms with E-state index < -0.39 is 17.8 Å². The summed E-state index contributed by atoms with van der Waals surface area (Å²) in [5, 5.41) is 2.46. The summed E-state index contributed by atoms with van der Waals surface area (Å²) in [6, 6.07) is 1.41. The van der Waals surface area contributed by atoms with Crippen molar-refractivity contribution in [2.24, 2.45) is 0 Å². The topological polar surface area (TPSA) is 104 Å². The molecule has 0 radical (unpaired) electrons. The van der Waals surface area contributed by atoms with Crippen LogP contribution in [0.2, 0.25) is 0 Å². The largest absolute Gasteiger partial charge is 0.494 e. The minimum absolute atomic E-state index is 0.0179. The maximum atomic E-state index is 12.4. The van der Waals surface area contributed by atoms with E-state index in [1.165, 1.54) is 38.6 Å². The van der Waals surface area contributed by atoms with Crippen LogP contribution in [0.15, 0.2) is 12.3 Å². The maximum absolute atomic E-state index is 12.4. The highest BCUT2D eigenvalue weighted by atomic mass is 16.5. The van der Waals surface area contributed by atoms with E-state index in [0.29, 0.717) is 13.2 Å². The van der Waals surface area contributed by atoms with Crippen LogP contribution in [0.25, 0.3) is 0 Å². The van der Waals surface area contributed by atoms with Gasteiger partial charge in [-0.2, -0.15) is 0 Å². The van der Waals surface area contributed by atoms with Gasteiger partial charge in [-0.25, -0.2) is 9.78 Å². The number of methoxy groups -OCH3 is 1. The lowest BCUT2D eigenvalue weighted by molar-refractivity contribution is -0.142. The van der Waals surface area contributed by atoms with Crippen molar-refractivity contribution in [3.8, 4) is 5.75 Å². The van der Waals surface area contributed by atoms with E-state index in [2.05, 4.69) is 24.1 Å². The zero-order valence-corrected chi connectivity index (χ0v) is 19.7. The highest BCUT2D eigenvalue weighted by Crippen LogP contribution is 2.18. The summed E-state index contributed by atoms with van der Waals surface area (Å²) in [6.07, 6.45) is 11.9. The van der Waals surface area contributed by atoms with Gasteiger partial charge in [-0.1, -0.05) is 65.2 Å². The zero-order valence-electron chi connectivity index (χ0n) is 19.7. The van der Waals surface area contributed by atoms with Crippen molar-refractivity contribution >= 4 is 17.8 Å². The summed E-state index contributed by atoms with van der Waals surface area (Å²) < 4.78 is 15.6. The van der Waals surface area contributed by atoms with E-state index >= 15 is 0 Å². The van der Waals surface area contributed by atoms with Crippen molar-refractivity contribution in [1.29, 1.82) is 0 Å². The average Bonchev–Trinajstić information content (AvgIpc) is 2.81. The molecular weight excluding hydrogens is 412 g/mol. The lowest BCUT2D eigenvalue weighted by atomic mass is 10.1. The number of nitrogens with one attached hydrogen (secondary N) is 1. The summed E-state index contributed by atoms with van der Waals surface area (Å²) in [5.74, 6) is -1.48. The number of amides is 1. The highest BCUT2D eigenvalue weighted by Gasteiger charge is 2.19. The minimum atomic E-state index is -0.586. The minimum Gasteiger partial charge on any atom is -0.494 e. The van der Waals surface area contributed by atoms with Gasteiger partial charge in [-0.05, 0) is 18.9 Å². The molecule has 1 aromatic rings. The quantitative estimate of drug-likeness (QED) is 0.276. The molecule has 0 saturated carbocycles. The second-order valence-electron chi connectivity index (χ2n) is 7.64. The molecule has 1 aromatic heterocycles. The molecule has 0 atom stereocenters. The monoisotopic (exact) mass is 450 g/mol. The predicted octanol–water partition coefficient (Wildman–Crippen LogP) is 4.46. The second-order valence-corrected chi connectivity index (χ2v) is 7.64. The van der Waals surface area contributed by atoms with Crippen LogP contribution in [0.3, 0.4) is 0 Å². The lowest BCUT2D eigenvalue weighted by Crippen LogP contribution is -2.31. The Bertz CT molecular complexity index is 708. The molecule has 1 rings (SSSR count). The molecule has 0 fully saturated rings. The van der Waals surface area contributed by atoms with Gasteiger partial charge < -0.3 is 19.5 Å². The number of pyridine rings is 1. The van der Waals surface area contributed by atoms with Crippen LogP contribution in [-0.4, -0.2) is 49.7 Å². The molecule has 8 nitrogen and oxygen atoms in total. The van der Waals surface area contributed by atoms with Crippen LogP contribution in [0.4, 0.5) is 0 Å². The Labute approximate surface area is 191 Å². The fourth-order valence-corrected chi connectivity index (χ4v) is 3.01. The normalized spacial score (nSPS) is 10.5. The summed E-state index contributed by atoms with van der Waals surface area (Å²) in [7, 11) is 1.38. The van der Waals surface area contributed by atoms with Crippen LogP contribution in [0, 0.1) is 0 Å². The summed E-state index contributed by atoms with van der Waals surface area (Å²) in [4.78, 5) is 40.4. The predicted molar refractivity (Wildman–Crippen MR) is 122 cm³/mol. The molecular formula is C24H38N2O6. The Kier molecular flexibility index (Phi) is 14.5. The Morgan fingerprint density at radius 2 is 1.47 bits per heavy atom. The number of carbonyl (C=O) groups is 3. The first-order valence-corrected chi connectivity index (χ1v) is 11.7. The molecule has 0 saturated heterocycles. The van der Waals surface area contributed by atoms with Crippen molar-refractivity contribution in [2.45, 2.75) is 78.1 Å². The number of ether oxygens (including phenoxy) is 3. The van der Waals surface area contributed by atoms with Crippen molar-refractivity contribution in [1.82, 2.24) is 10.3 Å². The van der Waals surface area contributed by atoms with Crippen LogP contribution < -0.4 is 10.1 Å². The van der Waals surface area contributed by atoms with Gasteiger partial charge in [0.25, 0.3) is 5.91 Å². The third-order valence-corrected chi connectivity index (χ3v) is 4.91. The molecule has 8 heteroatoms. The highest BCUT2D eigenvalue weighted by molar-refractivity contribution is 5.98. The number of rotatable bonds is 17. The Morgan fingerprint density at radius 1 is 0.875 bits per heavy atom. The van der Waals surface area contributed by atoms with E-state index in [1.807, 2.05) is 0 Å². The maximum Gasteiger partial charge on any atom is 0.339 e. The molecule has 0 unspecified atom stereocenters. The number of unbranched alkanes of at least 4 members (excludes halogenated alkanes) is 8. The first kappa shape index (κ1) is 27.4. The second kappa shape index (κ2) is 17.0. The molecule has 0 aliphatic carbocycles. The van der Waals surface area contributed by atoms with Crippen molar-refractivity contribution in [2.75, 3.05) is 26.9 Å². The van der Waals surface area contributed by atoms with Gasteiger partial charge in [0, 0.05) is 6.20 Å². The number of aromatic nitrogens is 1. The lowest BCUT2D eigenvalue weighted by Gasteiger charge is -2.10. The zero-order chi connectivity index (χ0) is 23.6. The van der Waals surface area contributed by atoms with Crippen molar-refractivity contribution in [3.05, 3.63) is 23.5 Å². The average molecular weight is 451 g/mol. The first-order chi connectivity index (χ1) is 15.5. The van der Waals surface area contributed by atoms with Crippen molar-refractivity contribution in [3.63, 3.8) is 0 Å². The summed E-state index contributed by atoms with van der Waals surface area (Å²) in [5.41, 5.74) is 0.187. The van der Waals surface area contributed by atoms with Gasteiger partial charge >= 0.3 is 11.9 Å². The Hall–Kier alpha value is -2.64. The molecule has 0 spiro atoms. The third-order valence-electron chi connectivity index (χ3n) is 4.91. The molecule has 1 N–H and O–H groups in total. The van der Waals surface area contributed by atoms with Crippen LogP contribution >= 0.6 is 0 Å². The number of esters is 2. The number of carbonyl (C=O) groups excluding carboxylic acids is 3. The molecule has 32 heavy (non-hydrogen) atoms. The van der Waals surface area contributed by atoms with Gasteiger partial charge in [0.15, 0.2) is 11.4 Å². The molecule has 0 bridgehead atoms. The number of hydrogen-bond acceptors (Lipinski definition) is 7. The molecule has 1 amide bonds. The van der Waals surface area contributed by atoms with Crippen LogP contribution in [0.5, 0.6) is 5.75 Å². The molecule has 1 heterocycles.